The van der Waals surface area contributed by atoms with Crippen LogP contribution >= 0.6 is 24.0 Å². The number of rotatable bonds is 9. The number of likely N-dealkylation sites (tertiary alicyclic amines) is 1. The molecular formula is C21H36FIN4O2. The standard InChI is InChI=1S/C21H35FN4O2.HI/c1-4-23-21(24-15-20(27)17-5-7-18(22)8-6-17)25-19-9-11-26(12-10-19)13-14-28-16(2)3;/h5-8,16,19-20,27H,4,9-15H2,1-3H3,(H2,23,24,25);1H. The second kappa shape index (κ2) is 14.1. The lowest BCUT2D eigenvalue weighted by Gasteiger charge is -2.33. The molecule has 1 saturated heterocycles. The first-order chi connectivity index (χ1) is 13.5. The number of halogens is 2. The lowest BCUT2D eigenvalue weighted by molar-refractivity contribution is 0.0532. The SMILES string of the molecule is CCNC(=NCC(O)c1ccc(F)cc1)NC1CCN(CCOC(C)C)CC1.I. The predicted molar refractivity (Wildman–Crippen MR) is 126 cm³/mol. The lowest BCUT2D eigenvalue weighted by atomic mass is 10.1. The summed E-state index contributed by atoms with van der Waals surface area (Å²) in [6, 6.07) is 6.25. The van der Waals surface area contributed by atoms with E-state index in [1.165, 1.54) is 12.1 Å². The zero-order valence-electron chi connectivity index (χ0n) is 17.7. The normalized spacial score (nSPS) is 17.1. The Hall–Kier alpha value is -0.970. The van der Waals surface area contributed by atoms with Gasteiger partial charge in [0.2, 0.25) is 0 Å². The van der Waals surface area contributed by atoms with Crippen molar-refractivity contribution in [3.8, 4) is 0 Å². The Kier molecular flexibility index (Phi) is 12.7. The molecule has 0 spiro atoms. The molecule has 3 N–H and O–H groups in total. The van der Waals surface area contributed by atoms with E-state index in [0.29, 0.717) is 17.6 Å². The minimum absolute atomic E-state index is 0. The van der Waals surface area contributed by atoms with Crippen LogP contribution in [0.15, 0.2) is 29.3 Å². The quantitative estimate of drug-likeness (QED) is 0.265. The summed E-state index contributed by atoms with van der Waals surface area (Å²) in [5.41, 5.74) is 0.665. The fourth-order valence-corrected chi connectivity index (χ4v) is 3.20. The van der Waals surface area contributed by atoms with E-state index in [4.69, 9.17) is 4.74 Å². The molecule has 0 aliphatic carbocycles. The van der Waals surface area contributed by atoms with Crippen LogP contribution < -0.4 is 10.6 Å². The smallest absolute Gasteiger partial charge is 0.191 e. The number of hydrogen-bond donors (Lipinski definition) is 3. The predicted octanol–water partition coefficient (Wildman–Crippen LogP) is 2.92. The summed E-state index contributed by atoms with van der Waals surface area (Å²) in [6.07, 6.45) is 1.63. The van der Waals surface area contributed by atoms with Crippen molar-refractivity contribution < 1.29 is 14.2 Å². The third kappa shape index (κ3) is 10.1. The van der Waals surface area contributed by atoms with Crippen molar-refractivity contribution in [1.82, 2.24) is 15.5 Å². The molecule has 0 saturated carbocycles. The highest BCUT2D eigenvalue weighted by Gasteiger charge is 2.20. The second-order valence-electron chi connectivity index (χ2n) is 7.47. The van der Waals surface area contributed by atoms with E-state index in [9.17, 15) is 9.50 Å². The molecule has 1 aromatic rings. The van der Waals surface area contributed by atoms with Gasteiger partial charge in [0.1, 0.15) is 5.82 Å². The summed E-state index contributed by atoms with van der Waals surface area (Å²) in [6.45, 7) is 11.0. The van der Waals surface area contributed by atoms with Gasteiger partial charge in [-0.25, -0.2) is 4.39 Å². The van der Waals surface area contributed by atoms with Crippen LogP contribution in [0.25, 0.3) is 0 Å². The minimum Gasteiger partial charge on any atom is -0.386 e. The molecule has 1 fully saturated rings. The van der Waals surface area contributed by atoms with Crippen LogP contribution in [-0.4, -0.2) is 67.4 Å². The zero-order valence-corrected chi connectivity index (χ0v) is 20.1. The van der Waals surface area contributed by atoms with Gasteiger partial charge < -0.3 is 25.4 Å². The molecule has 0 aromatic heterocycles. The van der Waals surface area contributed by atoms with Crippen LogP contribution in [0.3, 0.4) is 0 Å². The van der Waals surface area contributed by atoms with E-state index in [2.05, 4.69) is 34.4 Å². The molecule has 1 atom stereocenters. The molecule has 1 unspecified atom stereocenters. The van der Waals surface area contributed by atoms with Crippen LogP contribution in [0.5, 0.6) is 0 Å². The molecule has 1 aromatic carbocycles. The van der Waals surface area contributed by atoms with Crippen molar-refractivity contribution in [2.24, 2.45) is 4.99 Å². The highest BCUT2D eigenvalue weighted by atomic mass is 127. The van der Waals surface area contributed by atoms with E-state index in [1.807, 2.05) is 6.92 Å². The Balaban J connectivity index is 0.00000420. The molecule has 0 amide bonds. The van der Waals surface area contributed by atoms with Crippen LogP contribution in [0.2, 0.25) is 0 Å². The second-order valence-corrected chi connectivity index (χ2v) is 7.47. The molecule has 6 nitrogen and oxygen atoms in total. The summed E-state index contributed by atoms with van der Waals surface area (Å²) < 4.78 is 18.7. The molecule has 1 aliphatic heterocycles. The van der Waals surface area contributed by atoms with E-state index >= 15 is 0 Å². The van der Waals surface area contributed by atoms with Crippen LogP contribution in [-0.2, 0) is 4.74 Å². The van der Waals surface area contributed by atoms with Gasteiger partial charge >= 0.3 is 0 Å². The first-order valence-corrected chi connectivity index (χ1v) is 10.3. The monoisotopic (exact) mass is 522 g/mol. The minimum atomic E-state index is -0.751. The first kappa shape index (κ1) is 26.1. The molecular weight excluding hydrogens is 486 g/mol. The van der Waals surface area contributed by atoms with Crippen LogP contribution in [0.4, 0.5) is 4.39 Å². The van der Waals surface area contributed by atoms with Crippen molar-refractivity contribution in [3.05, 3.63) is 35.6 Å². The van der Waals surface area contributed by atoms with E-state index < -0.39 is 6.10 Å². The van der Waals surface area contributed by atoms with Crippen molar-refractivity contribution in [2.75, 3.05) is 39.3 Å². The van der Waals surface area contributed by atoms with Gasteiger partial charge in [0.25, 0.3) is 0 Å². The molecule has 29 heavy (non-hydrogen) atoms. The Morgan fingerprint density at radius 3 is 2.52 bits per heavy atom. The van der Waals surface area contributed by atoms with Gasteiger partial charge in [-0.2, -0.15) is 0 Å². The topological polar surface area (TPSA) is 69.1 Å². The van der Waals surface area contributed by atoms with Crippen LogP contribution in [0.1, 0.15) is 45.3 Å². The molecule has 2 rings (SSSR count). The number of aliphatic hydroxyl groups excluding tert-OH is 1. The van der Waals surface area contributed by atoms with Gasteiger partial charge in [0.05, 0.1) is 25.4 Å². The van der Waals surface area contributed by atoms with Crippen LogP contribution in [0, 0.1) is 5.82 Å². The lowest BCUT2D eigenvalue weighted by Crippen LogP contribution is -2.49. The summed E-state index contributed by atoms with van der Waals surface area (Å²) in [7, 11) is 0. The molecule has 1 heterocycles. The van der Waals surface area contributed by atoms with Gasteiger partial charge in [-0.3, -0.25) is 4.99 Å². The highest BCUT2D eigenvalue weighted by molar-refractivity contribution is 14.0. The largest absolute Gasteiger partial charge is 0.386 e. The van der Waals surface area contributed by atoms with Gasteiger partial charge in [-0.15, -0.1) is 24.0 Å². The maximum atomic E-state index is 13.0. The van der Waals surface area contributed by atoms with Gasteiger partial charge in [0.15, 0.2) is 5.96 Å². The zero-order chi connectivity index (χ0) is 20.4. The summed E-state index contributed by atoms with van der Waals surface area (Å²) in [5.74, 6) is 0.404. The summed E-state index contributed by atoms with van der Waals surface area (Å²) in [5, 5.41) is 17.0. The van der Waals surface area contributed by atoms with Gasteiger partial charge in [0, 0.05) is 32.2 Å². The number of hydrogen-bond acceptors (Lipinski definition) is 4. The molecule has 1 aliphatic rings. The van der Waals surface area contributed by atoms with Crippen molar-refractivity contribution in [2.45, 2.75) is 51.9 Å². The Morgan fingerprint density at radius 1 is 1.28 bits per heavy atom. The maximum absolute atomic E-state index is 13.0. The number of nitrogens with one attached hydrogen (secondary N) is 2. The highest BCUT2D eigenvalue weighted by Crippen LogP contribution is 2.14. The van der Waals surface area contributed by atoms with Gasteiger partial charge in [-0.05, 0) is 51.3 Å². The summed E-state index contributed by atoms with van der Waals surface area (Å²) in [4.78, 5) is 6.94. The van der Waals surface area contributed by atoms with Crippen molar-refractivity contribution >= 4 is 29.9 Å². The third-order valence-electron chi connectivity index (χ3n) is 4.81. The Labute approximate surface area is 191 Å². The van der Waals surface area contributed by atoms with Crippen molar-refractivity contribution in [1.29, 1.82) is 0 Å². The summed E-state index contributed by atoms with van der Waals surface area (Å²) >= 11 is 0. The Morgan fingerprint density at radius 2 is 1.93 bits per heavy atom. The number of nitrogens with zero attached hydrogens (tertiary/aromatic N) is 2. The average molecular weight is 522 g/mol. The number of piperidine rings is 1. The average Bonchev–Trinajstić information content (AvgIpc) is 2.67. The number of guanidine groups is 1. The number of aliphatic hydroxyl groups is 1. The fourth-order valence-electron chi connectivity index (χ4n) is 3.20. The molecule has 8 heteroatoms. The number of ether oxygens (including phenoxy) is 1. The van der Waals surface area contributed by atoms with E-state index in [0.717, 1.165) is 45.6 Å². The fraction of sp³-hybridized carbons (Fsp3) is 0.667. The van der Waals surface area contributed by atoms with E-state index in [1.54, 1.807) is 12.1 Å². The maximum Gasteiger partial charge on any atom is 0.191 e. The number of benzene rings is 1. The third-order valence-corrected chi connectivity index (χ3v) is 4.81. The van der Waals surface area contributed by atoms with Gasteiger partial charge in [-0.1, -0.05) is 12.1 Å². The molecule has 0 bridgehead atoms. The van der Waals surface area contributed by atoms with Crippen molar-refractivity contribution in [3.63, 3.8) is 0 Å². The molecule has 166 valence electrons. The number of aliphatic imine (C=N–C) groups is 1. The Bertz CT molecular complexity index is 593. The first-order valence-electron chi connectivity index (χ1n) is 10.3. The molecule has 0 radical (unpaired) electrons. The van der Waals surface area contributed by atoms with E-state index in [-0.39, 0.29) is 42.4 Å².